The average Bonchev–Trinajstić information content (AvgIpc) is 2.37. The van der Waals surface area contributed by atoms with Gasteiger partial charge in [-0.1, -0.05) is 19.9 Å². The van der Waals surface area contributed by atoms with Gasteiger partial charge in [-0.3, -0.25) is 4.79 Å². The Kier molecular flexibility index (Phi) is 4.69. The average molecular weight is 274 g/mol. The molecule has 1 saturated heterocycles. The van der Waals surface area contributed by atoms with Gasteiger partial charge in [0.05, 0.1) is 0 Å². The van der Waals surface area contributed by atoms with E-state index < -0.39 is 0 Å². The van der Waals surface area contributed by atoms with E-state index in [0.717, 1.165) is 26.2 Å². The SMILES string of the molecule is Cc1cc(C)cc(N2CCN(C(=O)CC(C)C)CC2)c1. The molecule has 0 radical (unpaired) electrons. The van der Waals surface area contributed by atoms with Crippen LogP contribution in [0.15, 0.2) is 18.2 Å². The number of hydrogen-bond donors (Lipinski definition) is 0. The van der Waals surface area contributed by atoms with Gasteiger partial charge in [-0.05, 0) is 43.0 Å². The van der Waals surface area contributed by atoms with Crippen LogP contribution in [0, 0.1) is 19.8 Å². The van der Waals surface area contributed by atoms with Gasteiger partial charge in [0.1, 0.15) is 0 Å². The van der Waals surface area contributed by atoms with Crippen LogP contribution in [0.4, 0.5) is 5.69 Å². The Balaban J connectivity index is 1.95. The molecule has 1 aromatic rings. The molecule has 0 aromatic heterocycles. The zero-order valence-electron chi connectivity index (χ0n) is 13.1. The summed E-state index contributed by atoms with van der Waals surface area (Å²) < 4.78 is 0. The monoisotopic (exact) mass is 274 g/mol. The molecule has 0 bridgehead atoms. The van der Waals surface area contributed by atoms with Crippen LogP contribution in [-0.2, 0) is 4.79 Å². The highest BCUT2D eigenvalue weighted by atomic mass is 16.2. The van der Waals surface area contributed by atoms with Crippen LogP contribution >= 0.6 is 0 Å². The van der Waals surface area contributed by atoms with Crippen molar-refractivity contribution in [3.05, 3.63) is 29.3 Å². The van der Waals surface area contributed by atoms with Crippen LogP contribution in [0.5, 0.6) is 0 Å². The number of piperazine rings is 1. The zero-order chi connectivity index (χ0) is 14.7. The van der Waals surface area contributed by atoms with Gasteiger partial charge >= 0.3 is 0 Å². The highest BCUT2D eigenvalue weighted by Crippen LogP contribution is 2.20. The quantitative estimate of drug-likeness (QED) is 0.846. The molecule has 0 atom stereocenters. The number of rotatable bonds is 3. The van der Waals surface area contributed by atoms with Crippen LogP contribution in [-0.4, -0.2) is 37.0 Å². The van der Waals surface area contributed by atoms with Gasteiger partial charge in [-0.25, -0.2) is 0 Å². The van der Waals surface area contributed by atoms with E-state index in [4.69, 9.17) is 0 Å². The van der Waals surface area contributed by atoms with Gasteiger partial charge in [0.25, 0.3) is 0 Å². The lowest BCUT2D eigenvalue weighted by atomic mass is 10.1. The maximum Gasteiger partial charge on any atom is 0.222 e. The molecular weight excluding hydrogens is 248 g/mol. The third-order valence-electron chi connectivity index (χ3n) is 3.79. The Bertz CT molecular complexity index is 454. The molecule has 0 unspecified atom stereocenters. The summed E-state index contributed by atoms with van der Waals surface area (Å²) in [6, 6.07) is 6.67. The largest absolute Gasteiger partial charge is 0.368 e. The number of nitrogens with zero attached hydrogens (tertiary/aromatic N) is 2. The summed E-state index contributed by atoms with van der Waals surface area (Å²) in [6.07, 6.45) is 0.670. The minimum absolute atomic E-state index is 0.306. The van der Waals surface area contributed by atoms with Gasteiger partial charge < -0.3 is 9.80 Å². The molecule has 1 aliphatic heterocycles. The minimum atomic E-state index is 0.306. The van der Waals surface area contributed by atoms with Crippen molar-refractivity contribution in [3.63, 3.8) is 0 Å². The molecule has 2 rings (SSSR count). The van der Waals surface area contributed by atoms with Crippen LogP contribution in [0.3, 0.4) is 0 Å². The van der Waals surface area contributed by atoms with Crippen LogP contribution in [0.25, 0.3) is 0 Å². The van der Waals surface area contributed by atoms with Crippen molar-refractivity contribution in [2.45, 2.75) is 34.1 Å². The number of aryl methyl sites for hydroxylation is 2. The van der Waals surface area contributed by atoms with Gasteiger partial charge in [-0.2, -0.15) is 0 Å². The highest BCUT2D eigenvalue weighted by molar-refractivity contribution is 5.76. The van der Waals surface area contributed by atoms with Crippen molar-refractivity contribution in [2.24, 2.45) is 5.92 Å². The summed E-state index contributed by atoms with van der Waals surface area (Å²) in [6.45, 7) is 12.0. The van der Waals surface area contributed by atoms with Gasteiger partial charge in [0.15, 0.2) is 0 Å². The van der Waals surface area contributed by atoms with E-state index in [1.165, 1.54) is 16.8 Å². The molecule has 0 N–H and O–H groups in total. The Morgan fingerprint density at radius 1 is 1.05 bits per heavy atom. The molecule has 3 nitrogen and oxygen atoms in total. The smallest absolute Gasteiger partial charge is 0.222 e. The second kappa shape index (κ2) is 6.29. The fourth-order valence-electron chi connectivity index (χ4n) is 2.83. The molecule has 1 heterocycles. The predicted molar refractivity (Wildman–Crippen MR) is 84.2 cm³/mol. The van der Waals surface area contributed by atoms with Crippen LogP contribution in [0.1, 0.15) is 31.4 Å². The summed E-state index contributed by atoms with van der Waals surface area (Å²) in [5.74, 6) is 0.750. The first kappa shape index (κ1) is 14.9. The summed E-state index contributed by atoms with van der Waals surface area (Å²) in [5, 5.41) is 0. The molecule has 0 aliphatic carbocycles. The lowest BCUT2D eigenvalue weighted by molar-refractivity contribution is -0.132. The third kappa shape index (κ3) is 3.75. The van der Waals surface area contributed by atoms with E-state index in [2.05, 4.69) is 50.8 Å². The first-order chi connectivity index (χ1) is 9.45. The predicted octanol–water partition coefficient (Wildman–Crippen LogP) is 3.00. The molecule has 1 fully saturated rings. The molecule has 1 aromatic carbocycles. The molecule has 3 heteroatoms. The topological polar surface area (TPSA) is 23.6 Å². The van der Waals surface area contributed by atoms with Crippen LogP contribution < -0.4 is 4.90 Å². The number of anilines is 1. The molecule has 0 saturated carbocycles. The van der Waals surface area contributed by atoms with Gasteiger partial charge in [-0.15, -0.1) is 0 Å². The molecule has 110 valence electrons. The van der Waals surface area contributed by atoms with E-state index >= 15 is 0 Å². The zero-order valence-corrected chi connectivity index (χ0v) is 13.1. The highest BCUT2D eigenvalue weighted by Gasteiger charge is 2.21. The molecule has 20 heavy (non-hydrogen) atoms. The Morgan fingerprint density at radius 3 is 2.10 bits per heavy atom. The first-order valence-electron chi connectivity index (χ1n) is 7.56. The van der Waals surface area contributed by atoms with E-state index in [0.29, 0.717) is 18.2 Å². The second-order valence-corrected chi connectivity index (χ2v) is 6.31. The summed E-state index contributed by atoms with van der Waals surface area (Å²) in [4.78, 5) is 16.5. The first-order valence-corrected chi connectivity index (χ1v) is 7.56. The van der Waals surface area contributed by atoms with Crippen LogP contribution in [0.2, 0.25) is 0 Å². The normalized spacial score (nSPS) is 15.8. The fraction of sp³-hybridized carbons (Fsp3) is 0.588. The lowest BCUT2D eigenvalue weighted by Gasteiger charge is -2.36. The maximum atomic E-state index is 12.1. The summed E-state index contributed by atoms with van der Waals surface area (Å²) in [5.41, 5.74) is 3.90. The van der Waals surface area contributed by atoms with Gasteiger partial charge in [0.2, 0.25) is 5.91 Å². The molecule has 0 spiro atoms. The number of carbonyl (C=O) groups is 1. The summed E-state index contributed by atoms with van der Waals surface area (Å²) >= 11 is 0. The van der Waals surface area contributed by atoms with Gasteiger partial charge in [0, 0.05) is 38.3 Å². The van der Waals surface area contributed by atoms with E-state index in [9.17, 15) is 4.79 Å². The maximum absolute atomic E-state index is 12.1. The van der Waals surface area contributed by atoms with E-state index in [-0.39, 0.29) is 0 Å². The van der Waals surface area contributed by atoms with Crippen molar-refractivity contribution < 1.29 is 4.79 Å². The standard InChI is InChI=1S/C17H26N2O/c1-13(2)9-17(20)19-7-5-18(6-8-19)16-11-14(3)10-15(4)12-16/h10-13H,5-9H2,1-4H3. The molecule has 1 amide bonds. The van der Waals surface area contributed by atoms with Crippen molar-refractivity contribution in [2.75, 3.05) is 31.1 Å². The third-order valence-corrected chi connectivity index (χ3v) is 3.79. The molecular formula is C17H26N2O. The van der Waals surface area contributed by atoms with Crippen molar-refractivity contribution in [1.82, 2.24) is 4.90 Å². The molecule has 1 aliphatic rings. The van der Waals surface area contributed by atoms with Crippen molar-refractivity contribution in [1.29, 1.82) is 0 Å². The van der Waals surface area contributed by atoms with E-state index in [1.54, 1.807) is 0 Å². The number of amides is 1. The minimum Gasteiger partial charge on any atom is -0.368 e. The van der Waals surface area contributed by atoms with Crippen molar-refractivity contribution in [3.8, 4) is 0 Å². The Labute approximate surface area is 122 Å². The number of benzene rings is 1. The number of carbonyl (C=O) groups excluding carboxylic acids is 1. The summed E-state index contributed by atoms with van der Waals surface area (Å²) in [7, 11) is 0. The second-order valence-electron chi connectivity index (χ2n) is 6.31. The van der Waals surface area contributed by atoms with E-state index in [1.807, 2.05) is 4.90 Å². The van der Waals surface area contributed by atoms with Crippen molar-refractivity contribution >= 4 is 11.6 Å². The fourth-order valence-corrected chi connectivity index (χ4v) is 2.83. The number of hydrogen-bond acceptors (Lipinski definition) is 2. The lowest BCUT2D eigenvalue weighted by Crippen LogP contribution is -2.49. The Morgan fingerprint density at radius 2 is 1.60 bits per heavy atom. The Hall–Kier alpha value is -1.51.